The van der Waals surface area contributed by atoms with Crippen LogP contribution in [0.5, 0.6) is 0 Å². The highest BCUT2D eigenvalue weighted by molar-refractivity contribution is 6.62. The SMILES string of the molecule is CCCCCC(CC)[Si](OC)(OC)OC. The Bertz CT molecular complexity index is 141. The van der Waals surface area contributed by atoms with Crippen molar-refractivity contribution in [3.8, 4) is 0 Å². The Hall–Kier alpha value is 0.0969. The first kappa shape index (κ1) is 15.1. The summed E-state index contributed by atoms with van der Waals surface area (Å²) in [5.41, 5.74) is 0.434. The van der Waals surface area contributed by atoms with Crippen LogP contribution in [0.1, 0.15) is 46.0 Å². The van der Waals surface area contributed by atoms with Crippen LogP contribution in [0.3, 0.4) is 0 Å². The number of unbranched alkanes of at least 4 members (excludes halogenated alkanes) is 2. The molecule has 0 spiro atoms. The lowest BCUT2D eigenvalue weighted by Crippen LogP contribution is -2.47. The molecule has 92 valence electrons. The van der Waals surface area contributed by atoms with Gasteiger partial charge in [0.25, 0.3) is 0 Å². The van der Waals surface area contributed by atoms with E-state index in [-0.39, 0.29) is 0 Å². The van der Waals surface area contributed by atoms with E-state index in [9.17, 15) is 0 Å². The van der Waals surface area contributed by atoms with Crippen molar-refractivity contribution in [3.63, 3.8) is 0 Å². The molecule has 3 nitrogen and oxygen atoms in total. The smallest absolute Gasteiger partial charge is 0.377 e. The first-order valence-corrected chi connectivity index (χ1v) is 7.66. The second-order valence-electron chi connectivity index (χ2n) is 3.82. The Morgan fingerprint density at radius 3 is 1.80 bits per heavy atom. The lowest BCUT2D eigenvalue weighted by molar-refractivity contribution is 0.108. The van der Waals surface area contributed by atoms with Gasteiger partial charge >= 0.3 is 8.80 Å². The third kappa shape index (κ3) is 4.22. The Labute approximate surface area is 95.5 Å². The number of hydrogen-bond donors (Lipinski definition) is 0. The maximum absolute atomic E-state index is 5.51. The Morgan fingerprint density at radius 1 is 0.933 bits per heavy atom. The second-order valence-corrected chi connectivity index (χ2v) is 7.07. The Balaban J connectivity index is 4.31. The third-order valence-corrected chi connectivity index (χ3v) is 6.41. The lowest BCUT2D eigenvalue weighted by atomic mass is 10.1. The first-order chi connectivity index (χ1) is 7.20. The quantitative estimate of drug-likeness (QED) is 0.453. The molecule has 0 N–H and O–H groups in total. The van der Waals surface area contributed by atoms with E-state index in [0.717, 1.165) is 12.8 Å². The van der Waals surface area contributed by atoms with Crippen molar-refractivity contribution >= 4 is 8.80 Å². The fourth-order valence-corrected chi connectivity index (χ4v) is 4.58. The van der Waals surface area contributed by atoms with Crippen LogP contribution in [0.2, 0.25) is 5.54 Å². The van der Waals surface area contributed by atoms with Crippen LogP contribution in [0, 0.1) is 0 Å². The molecule has 0 saturated carbocycles. The Morgan fingerprint density at radius 2 is 1.47 bits per heavy atom. The van der Waals surface area contributed by atoms with Crippen molar-refractivity contribution in [1.82, 2.24) is 0 Å². The van der Waals surface area contributed by atoms with Crippen LogP contribution in [-0.4, -0.2) is 30.1 Å². The van der Waals surface area contributed by atoms with Gasteiger partial charge in [0, 0.05) is 26.9 Å². The molecule has 0 saturated heterocycles. The predicted octanol–water partition coefficient (Wildman–Crippen LogP) is 3.23. The molecular weight excluding hydrogens is 208 g/mol. The van der Waals surface area contributed by atoms with Gasteiger partial charge in [-0.3, -0.25) is 0 Å². The summed E-state index contributed by atoms with van der Waals surface area (Å²) in [6.45, 7) is 4.39. The van der Waals surface area contributed by atoms with E-state index in [2.05, 4.69) is 13.8 Å². The highest BCUT2D eigenvalue weighted by Gasteiger charge is 2.45. The third-order valence-electron chi connectivity index (χ3n) is 3.00. The fourth-order valence-electron chi connectivity index (χ4n) is 2.02. The maximum atomic E-state index is 5.51. The maximum Gasteiger partial charge on any atom is 0.503 e. The van der Waals surface area contributed by atoms with Crippen molar-refractivity contribution in [2.75, 3.05) is 21.3 Å². The molecule has 0 aliphatic heterocycles. The first-order valence-electron chi connectivity index (χ1n) is 5.86. The molecule has 0 radical (unpaired) electrons. The molecule has 0 heterocycles. The molecule has 15 heavy (non-hydrogen) atoms. The van der Waals surface area contributed by atoms with Gasteiger partial charge in [-0.1, -0.05) is 33.1 Å². The van der Waals surface area contributed by atoms with Gasteiger partial charge in [-0.15, -0.1) is 0 Å². The topological polar surface area (TPSA) is 27.7 Å². The highest BCUT2D eigenvalue weighted by Crippen LogP contribution is 2.32. The molecule has 4 heteroatoms. The summed E-state index contributed by atoms with van der Waals surface area (Å²) in [5.74, 6) is 0. The van der Waals surface area contributed by atoms with Crippen molar-refractivity contribution in [2.24, 2.45) is 0 Å². The molecule has 0 aromatic rings. The van der Waals surface area contributed by atoms with Crippen LogP contribution < -0.4 is 0 Å². The second kappa shape index (κ2) is 8.27. The van der Waals surface area contributed by atoms with E-state index < -0.39 is 8.80 Å². The molecule has 0 bridgehead atoms. The van der Waals surface area contributed by atoms with Crippen molar-refractivity contribution in [2.45, 2.75) is 51.5 Å². The standard InChI is InChI=1S/C11H26O3Si/c1-6-8-9-10-11(7-2)15(12-3,13-4)14-5/h11H,6-10H2,1-5H3. The molecular formula is C11H26O3Si. The summed E-state index contributed by atoms with van der Waals surface area (Å²) in [6.07, 6.45) is 5.97. The van der Waals surface area contributed by atoms with Gasteiger partial charge in [0.15, 0.2) is 0 Å². The number of hydrogen-bond acceptors (Lipinski definition) is 3. The minimum atomic E-state index is -2.40. The van der Waals surface area contributed by atoms with Crippen LogP contribution in [0.15, 0.2) is 0 Å². The van der Waals surface area contributed by atoms with Crippen LogP contribution in [0.4, 0.5) is 0 Å². The summed E-state index contributed by atoms with van der Waals surface area (Å²) < 4.78 is 16.5. The van der Waals surface area contributed by atoms with Gasteiger partial charge in [0.1, 0.15) is 0 Å². The molecule has 1 unspecified atom stereocenters. The Kier molecular flexibility index (Phi) is 8.33. The molecule has 0 aromatic heterocycles. The summed E-state index contributed by atoms with van der Waals surface area (Å²) in [5, 5.41) is 0. The van der Waals surface area contributed by atoms with Gasteiger partial charge in [-0.05, 0) is 12.8 Å². The lowest BCUT2D eigenvalue weighted by Gasteiger charge is -2.31. The molecule has 0 amide bonds. The predicted molar refractivity (Wildman–Crippen MR) is 65.0 cm³/mol. The largest absolute Gasteiger partial charge is 0.503 e. The minimum Gasteiger partial charge on any atom is -0.377 e. The normalized spacial score (nSPS) is 14.2. The van der Waals surface area contributed by atoms with Gasteiger partial charge < -0.3 is 13.3 Å². The molecule has 0 aliphatic carbocycles. The average molecular weight is 234 g/mol. The van der Waals surface area contributed by atoms with Crippen molar-refractivity contribution in [1.29, 1.82) is 0 Å². The summed E-state index contributed by atoms with van der Waals surface area (Å²) in [4.78, 5) is 0. The van der Waals surface area contributed by atoms with Crippen LogP contribution >= 0.6 is 0 Å². The van der Waals surface area contributed by atoms with Crippen molar-refractivity contribution in [3.05, 3.63) is 0 Å². The van der Waals surface area contributed by atoms with E-state index in [1.54, 1.807) is 21.3 Å². The molecule has 1 atom stereocenters. The zero-order chi connectivity index (χ0) is 11.7. The summed E-state index contributed by atoms with van der Waals surface area (Å²) >= 11 is 0. The van der Waals surface area contributed by atoms with Crippen LogP contribution in [0.25, 0.3) is 0 Å². The zero-order valence-corrected chi connectivity index (χ0v) is 11.8. The van der Waals surface area contributed by atoms with E-state index >= 15 is 0 Å². The van der Waals surface area contributed by atoms with Gasteiger partial charge in [0.2, 0.25) is 0 Å². The van der Waals surface area contributed by atoms with E-state index in [4.69, 9.17) is 13.3 Å². The molecule has 0 fully saturated rings. The van der Waals surface area contributed by atoms with Gasteiger partial charge in [0.05, 0.1) is 0 Å². The molecule has 0 rings (SSSR count). The molecule has 0 aliphatic rings. The average Bonchev–Trinajstić information content (AvgIpc) is 2.29. The monoisotopic (exact) mass is 234 g/mol. The van der Waals surface area contributed by atoms with Gasteiger partial charge in [-0.25, -0.2) is 0 Å². The fraction of sp³-hybridized carbons (Fsp3) is 1.00. The summed E-state index contributed by atoms with van der Waals surface area (Å²) in [6, 6.07) is 0. The van der Waals surface area contributed by atoms with Gasteiger partial charge in [-0.2, -0.15) is 0 Å². The zero-order valence-electron chi connectivity index (χ0n) is 10.8. The van der Waals surface area contributed by atoms with E-state index in [1.165, 1.54) is 19.3 Å². The number of rotatable bonds is 9. The highest BCUT2D eigenvalue weighted by atomic mass is 28.4. The summed E-state index contributed by atoms with van der Waals surface area (Å²) in [7, 11) is 2.69. The van der Waals surface area contributed by atoms with Crippen molar-refractivity contribution < 1.29 is 13.3 Å². The minimum absolute atomic E-state index is 0.434. The van der Waals surface area contributed by atoms with E-state index in [0.29, 0.717) is 5.54 Å². The van der Waals surface area contributed by atoms with E-state index in [1.807, 2.05) is 0 Å². The van der Waals surface area contributed by atoms with Crippen LogP contribution in [-0.2, 0) is 13.3 Å². The molecule has 0 aromatic carbocycles.